The molecular weight excluding hydrogens is 334 g/mol. The summed E-state index contributed by atoms with van der Waals surface area (Å²) in [6.45, 7) is 1.54. The van der Waals surface area contributed by atoms with Crippen LogP contribution in [0.3, 0.4) is 0 Å². The van der Waals surface area contributed by atoms with Crippen LogP contribution in [0, 0.1) is 17.6 Å². The number of aryl methyl sites for hydroxylation is 2. The van der Waals surface area contributed by atoms with Gasteiger partial charge in [0.25, 0.3) is 0 Å². The van der Waals surface area contributed by atoms with E-state index in [1.165, 1.54) is 12.1 Å². The molecule has 5 heteroatoms. The molecule has 0 saturated carbocycles. The Morgan fingerprint density at radius 2 is 1.96 bits per heavy atom. The normalized spacial score (nSPS) is 17.3. The molecule has 1 aromatic heterocycles. The molecule has 26 heavy (non-hydrogen) atoms. The fourth-order valence-electron chi connectivity index (χ4n) is 3.57. The number of hydrogen-bond acceptors (Lipinski definition) is 2. The first-order valence-electron chi connectivity index (χ1n) is 9.22. The summed E-state index contributed by atoms with van der Waals surface area (Å²) in [6.07, 6.45) is 8.14. The van der Waals surface area contributed by atoms with Crippen LogP contribution in [0.2, 0.25) is 0 Å². The number of halogens is 2. The summed E-state index contributed by atoms with van der Waals surface area (Å²) < 4.78 is 26.8. The molecule has 0 N–H and O–H groups in total. The molecule has 1 amide bonds. The third-order valence-electron chi connectivity index (χ3n) is 5.09. The number of benzene rings is 1. The van der Waals surface area contributed by atoms with Crippen LogP contribution in [0.5, 0.6) is 0 Å². The smallest absolute Gasteiger partial charge is 0.222 e. The van der Waals surface area contributed by atoms with Gasteiger partial charge in [0.2, 0.25) is 5.91 Å². The standard InChI is InChI=1S/C21H24F2N2O/c22-19-7-6-18(20(23)14-19)5-3-17-2-1-13-25(15-17)21(26)8-4-16-9-11-24-12-10-16/h6-7,9-12,14,17H,1-5,8,13,15H2/t17-/m1/s1. The van der Waals surface area contributed by atoms with Crippen molar-refractivity contribution in [1.29, 1.82) is 0 Å². The Hall–Kier alpha value is -2.30. The van der Waals surface area contributed by atoms with E-state index in [9.17, 15) is 13.6 Å². The Balaban J connectivity index is 1.48. The maximum absolute atomic E-state index is 13.8. The number of amides is 1. The van der Waals surface area contributed by atoms with Crippen molar-refractivity contribution in [2.24, 2.45) is 5.92 Å². The second-order valence-corrected chi connectivity index (χ2v) is 6.98. The Labute approximate surface area is 153 Å². The lowest BCUT2D eigenvalue weighted by molar-refractivity contribution is -0.133. The maximum Gasteiger partial charge on any atom is 0.222 e. The Bertz CT molecular complexity index is 736. The molecule has 1 atom stereocenters. The predicted molar refractivity (Wildman–Crippen MR) is 96.5 cm³/mol. The van der Waals surface area contributed by atoms with E-state index in [1.807, 2.05) is 17.0 Å². The average molecular weight is 358 g/mol. The van der Waals surface area contributed by atoms with Crippen molar-refractivity contribution in [1.82, 2.24) is 9.88 Å². The zero-order valence-electron chi connectivity index (χ0n) is 14.8. The minimum Gasteiger partial charge on any atom is -0.342 e. The van der Waals surface area contributed by atoms with Gasteiger partial charge in [-0.2, -0.15) is 0 Å². The predicted octanol–water partition coefficient (Wildman–Crippen LogP) is 4.16. The van der Waals surface area contributed by atoms with E-state index in [-0.39, 0.29) is 5.91 Å². The minimum atomic E-state index is -0.546. The van der Waals surface area contributed by atoms with Gasteiger partial charge in [-0.25, -0.2) is 8.78 Å². The molecule has 2 aromatic rings. The summed E-state index contributed by atoms with van der Waals surface area (Å²) >= 11 is 0. The molecule has 0 bridgehead atoms. The molecule has 0 aliphatic carbocycles. The lowest BCUT2D eigenvalue weighted by Crippen LogP contribution is -2.40. The number of aromatic nitrogens is 1. The molecule has 1 aromatic carbocycles. The van der Waals surface area contributed by atoms with Gasteiger partial charge >= 0.3 is 0 Å². The van der Waals surface area contributed by atoms with E-state index in [1.54, 1.807) is 12.4 Å². The van der Waals surface area contributed by atoms with Gasteiger partial charge in [0, 0.05) is 38.0 Å². The molecule has 1 aliphatic rings. The third-order valence-corrected chi connectivity index (χ3v) is 5.09. The van der Waals surface area contributed by atoms with E-state index >= 15 is 0 Å². The summed E-state index contributed by atoms with van der Waals surface area (Å²) in [4.78, 5) is 18.4. The highest BCUT2D eigenvalue weighted by atomic mass is 19.1. The van der Waals surface area contributed by atoms with Crippen LogP contribution in [0.25, 0.3) is 0 Å². The van der Waals surface area contributed by atoms with Crippen molar-refractivity contribution in [2.45, 2.75) is 38.5 Å². The molecular formula is C21H24F2N2O. The molecule has 2 heterocycles. The largest absolute Gasteiger partial charge is 0.342 e. The minimum absolute atomic E-state index is 0.180. The lowest BCUT2D eigenvalue weighted by Gasteiger charge is -2.33. The van der Waals surface area contributed by atoms with Crippen LogP contribution in [0.15, 0.2) is 42.7 Å². The van der Waals surface area contributed by atoms with Crippen molar-refractivity contribution < 1.29 is 13.6 Å². The van der Waals surface area contributed by atoms with Gasteiger partial charge in [-0.3, -0.25) is 9.78 Å². The van der Waals surface area contributed by atoms with E-state index in [4.69, 9.17) is 0 Å². The van der Waals surface area contributed by atoms with Gasteiger partial charge in [-0.1, -0.05) is 6.07 Å². The monoisotopic (exact) mass is 358 g/mol. The number of likely N-dealkylation sites (tertiary alicyclic amines) is 1. The van der Waals surface area contributed by atoms with E-state index in [0.29, 0.717) is 24.3 Å². The van der Waals surface area contributed by atoms with Gasteiger partial charge in [0.1, 0.15) is 11.6 Å². The zero-order valence-corrected chi connectivity index (χ0v) is 14.8. The number of rotatable bonds is 6. The first-order valence-corrected chi connectivity index (χ1v) is 9.22. The van der Waals surface area contributed by atoms with Crippen LogP contribution in [-0.4, -0.2) is 28.9 Å². The van der Waals surface area contributed by atoms with Gasteiger partial charge in [0.15, 0.2) is 0 Å². The second-order valence-electron chi connectivity index (χ2n) is 6.98. The molecule has 3 nitrogen and oxygen atoms in total. The highest BCUT2D eigenvalue weighted by molar-refractivity contribution is 5.76. The molecule has 3 rings (SSSR count). The van der Waals surface area contributed by atoms with Crippen molar-refractivity contribution in [3.05, 3.63) is 65.5 Å². The number of hydrogen-bond donors (Lipinski definition) is 0. The first kappa shape index (κ1) is 18.5. The fourth-order valence-corrected chi connectivity index (χ4v) is 3.57. The van der Waals surface area contributed by atoms with Crippen molar-refractivity contribution in [2.75, 3.05) is 13.1 Å². The lowest BCUT2D eigenvalue weighted by atomic mass is 9.91. The van der Waals surface area contributed by atoms with Gasteiger partial charge in [0.05, 0.1) is 0 Å². The topological polar surface area (TPSA) is 33.2 Å². The number of carbonyl (C=O) groups excluding carboxylic acids is 1. The number of nitrogens with zero attached hydrogens (tertiary/aromatic N) is 2. The second kappa shape index (κ2) is 8.88. The van der Waals surface area contributed by atoms with Crippen LogP contribution in [0.1, 0.15) is 36.8 Å². The summed E-state index contributed by atoms with van der Waals surface area (Å²) in [5.41, 5.74) is 1.67. The van der Waals surface area contributed by atoms with Gasteiger partial charge in [-0.15, -0.1) is 0 Å². The van der Waals surface area contributed by atoms with Crippen molar-refractivity contribution in [3.8, 4) is 0 Å². The van der Waals surface area contributed by atoms with Gasteiger partial charge in [-0.05, 0) is 67.3 Å². The molecule has 0 radical (unpaired) electrons. The average Bonchev–Trinajstić information content (AvgIpc) is 2.66. The zero-order chi connectivity index (χ0) is 18.4. The fraction of sp³-hybridized carbons (Fsp3) is 0.429. The van der Waals surface area contributed by atoms with Gasteiger partial charge < -0.3 is 4.90 Å². The van der Waals surface area contributed by atoms with Crippen molar-refractivity contribution >= 4 is 5.91 Å². The number of piperidine rings is 1. The van der Waals surface area contributed by atoms with E-state index in [0.717, 1.165) is 50.4 Å². The summed E-state index contributed by atoms with van der Waals surface area (Å²) in [5.74, 6) is -0.474. The van der Waals surface area contributed by atoms with E-state index in [2.05, 4.69) is 4.98 Å². The van der Waals surface area contributed by atoms with Crippen LogP contribution >= 0.6 is 0 Å². The van der Waals surface area contributed by atoms with E-state index < -0.39 is 11.6 Å². The number of pyridine rings is 1. The Morgan fingerprint density at radius 1 is 1.15 bits per heavy atom. The SMILES string of the molecule is O=C(CCc1ccncc1)N1CCC[C@H](CCc2ccc(F)cc2F)C1. The summed E-state index contributed by atoms with van der Waals surface area (Å²) in [6, 6.07) is 7.62. The Kier molecular flexibility index (Phi) is 6.31. The summed E-state index contributed by atoms with van der Waals surface area (Å²) in [5, 5.41) is 0. The first-order chi connectivity index (χ1) is 12.6. The molecule has 138 valence electrons. The summed E-state index contributed by atoms with van der Waals surface area (Å²) in [7, 11) is 0. The molecule has 1 aliphatic heterocycles. The maximum atomic E-state index is 13.8. The number of carbonyl (C=O) groups is 1. The molecule has 0 unspecified atom stereocenters. The van der Waals surface area contributed by atoms with Crippen LogP contribution in [-0.2, 0) is 17.6 Å². The Morgan fingerprint density at radius 3 is 2.73 bits per heavy atom. The van der Waals surface area contributed by atoms with Crippen LogP contribution in [0.4, 0.5) is 8.78 Å². The van der Waals surface area contributed by atoms with Crippen LogP contribution < -0.4 is 0 Å². The highest BCUT2D eigenvalue weighted by Crippen LogP contribution is 2.23. The highest BCUT2D eigenvalue weighted by Gasteiger charge is 2.23. The van der Waals surface area contributed by atoms with Crippen molar-refractivity contribution in [3.63, 3.8) is 0 Å². The molecule has 0 spiro atoms. The third kappa shape index (κ3) is 5.10. The molecule has 1 saturated heterocycles. The molecule has 1 fully saturated rings. The quantitative estimate of drug-likeness (QED) is 0.777.